The van der Waals surface area contributed by atoms with Crippen LogP contribution in [0.1, 0.15) is 35.3 Å². The first kappa shape index (κ1) is 17.2. The van der Waals surface area contributed by atoms with E-state index < -0.39 is 0 Å². The molecule has 0 spiro atoms. The van der Waals surface area contributed by atoms with Crippen molar-refractivity contribution in [2.24, 2.45) is 0 Å². The van der Waals surface area contributed by atoms with Crippen LogP contribution >= 0.6 is 11.6 Å². The Morgan fingerprint density at radius 2 is 1.88 bits per heavy atom. The third-order valence-electron chi connectivity index (χ3n) is 4.18. The zero-order valence-corrected chi connectivity index (χ0v) is 15.0. The standard InChI is InChI=1S/C20H20ClN3O/c1-3-14-10-11-18(21)17(4-2)19(14)23-20(25)15-12-22-24(13-15)16-8-6-5-7-9-16/h5-13H,3-4H2,1-2H3,(H,23,25). The largest absolute Gasteiger partial charge is 0.321 e. The Bertz CT molecular complexity index is 887. The van der Waals surface area contributed by atoms with Crippen LogP contribution in [-0.4, -0.2) is 15.7 Å². The summed E-state index contributed by atoms with van der Waals surface area (Å²) in [5.74, 6) is -0.186. The van der Waals surface area contributed by atoms with E-state index in [-0.39, 0.29) is 5.91 Å². The van der Waals surface area contributed by atoms with Gasteiger partial charge >= 0.3 is 0 Å². The number of carbonyl (C=O) groups is 1. The van der Waals surface area contributed by atoms with E-state index in [9.17, 15) is 4.79 Å². The van der Waals surface area contributed by atoms with Gasteiger partial charge in [0, 0.05) is 16.9 Å². The molecule has 25 heavy (non-hydrogen) atoms. The maximum atomic E-state index is 12.7. The van der Waals surface area contributed by atoms with Gasteiger partial charge in [0.15, 0.2) is 0 Å². The molecule has 3 rings (SSSR count). The zero-order valence-electron chi connectivity index (χ0n) is 14.3. The van der Waals surface area contributed by atoms with Crippen LogP contribution in [0, 0.1) is 0 Å². The van der Waals surface area contributed by atoms with Gasteiger partial charge in [-0.3, -0.25) is 4.79 Å². The molecule has 3 aromatic rings. The summed E-state index contributed by atoms with van der Waals surface area (Å²) in [7, 11) is 0. The second kappa shape index (κ2) is 7.53. The summed E-state index contributed by atoms with van der Waals surface area (Å²) in [5, 5.41) is 7.98. The molecule has 1 heterocycles. The average molecular weight is 354 g/mol. The molecular weight excluding hydrogens is 334 g/mol. The number of hydrogen-bond donors (Lipinski definition) is 1. The van der Waals surface area contributed by atoms with Gasteiger partial charge in [-0.05, 0) is 42.2 Å². The summed E-state index contributed by atoms with van der Waals surface area (Å²) < 4.78 is 1.69. The van der Waals surface area contributed by atoms with E-state index in [1.807, 2.05) is 49.4 Å². The minimum atomic E-state index is -0.186. The molecule has 4 nitrogen and oxygen atoms in total. The second-order valence-electron chi connectivity index (χ2n) is 5.73. The summed E-state index contributed by atoms with van der Waals surface area (Å²) in [4.78, 5) is 12.7. The van der Waals surface area contributed by atoms with Gasteiger partial charge in [0.25, 0.3) is 5.91 Å². The van der Waals surface area contributed by atoms with E-state index in [1.54, 1.807) is 17.1 Å². The summed E-state index contributed by atoms with van der Waals surface area (Å²) in [6.45, 7) is 4.09. The number of para-hydroxylation sites is 1. The highest BCUT2D eigenvalue weighted by atomic mass is 35.5. The van der Waals surface area contributed by atoms with Crippen LogP contribution in [0.2, 0.25) is 5.02 Å². The van der Waals surface area contributed by atoms with Gasteiger partial charge in [0.1, 0.15) is 0 Å². The number of anilines is 1. The van der Waals surface area contributed by atoms with E-state index in [4.69, 9.17) is 11.6 Å². The van der Waals surface area contributed by atoms with Crippen molar-refractivity contribution in [1.29, 1.82) is 0 Å². The number of hydrogen-bond acceptors (Lipinski definition) is 2. The van der Waals surface area contributed by atoms with Crippen LogP contribution in [0.3, 0.4) is 0 Å². The van der Waals surface area contributed by atoms with Gasteiger partial charge < -0.3 is 5.32 Å². The normalized spacial score (nSPS) is 10.7. The van der Waals surface area contributed by atoms with Crippen molar-refractivity contribution in [3.8, 4) is 5.69 Å². The van der Waals surface area contributed by atoms with E-state index in [1.165, 1.54) is 0 Å². The fourth-order valence-corrected chi connectivity index (χ4v) is 3.11. The molecule has 128 valence electrons. The molecule has 5 heteroatoms. The number of aryl methyl sites for hydroxylation is 1. The predicted molar refractivity (Wildman–Crippen MR) is 102 cm³/mol. The SMILES string of the molecule is CCc1ccc(Cl)c(CC)c1NC(=O)c1cnn(-c2ccccc2)c1. The molecular formula is C20H20ClN3O. The molecule has 0 saturated heterocycles. The maximum absolute atomic E-state index is 12.7. The number of nitrogens with zero attached hydrogens (tertiary/aromatic N) is 2. The molecule has 0 aliphatic heterocycles. The second-order valence-corrected chi connectivity index (χ2v) is 6.14. The molecule has 0 radical (unpaired) electrons. The summed E-state index contributed by atoms with van der Waals surface area (Å²) >= 11 is 6.30. The first-order valence-electron chi connectivity index (χ1n) is 8.35. The molecule has 0 atom stereocenters. The first-order chi connectivity index (χ1) is 12.1. The molecule has 1 N–H and O–H groups in total. The van der Waals surface area contributed by atoms with Gasteiger partial charge in [-0.2, -0.15) is 5.10 Å². The quantitative estimate of drug-likeness (QED) is 0.708. The number of amides is 1. The lowest BCUT2D eigenvalue weighted by atomic mass is 10.0. The summed E-state index contributed by atoms with van der Waals surface area (Å²) in [6.07, 6.45) is 4.88. The van der Waals surface area contributed by atoms with Gasteiger partial charge in [-0.15, -0.1) is 0 Å². The average Bonchev–Trinajstić information content (AvgIpc) is 3.13. The van der Waals surface area contributed by atoms with Crippen LogP contribution in [0.25, 0.3) is 5.69 Å². The van der Waals surface area contributed by atoms with Crippen molar-refractivity contribution in [3.05, 3.63) is 76.6 Å². The Balaban J connectivity index is 1.89. The number of aromatic nitrogens is 2. The lowest BCUT2D eigenvalue weighted by molar-refractivity contribution is 0.102. The Kier molecular flexibility index (Phi) is 5.19. The van der Waals surface area contributed by atoms with Crippen molar-refractivity contribution in [3.63, 3.8) is 0 Å². The number of halogens is 1. The monoisotopic (exact) mass is 353 g/mol. The van der Waals surface area contributed by atoms with E-state index in [2.05, 4.69) is 17.3 Å². The van der Waals surface area contributed by atoms with Gasteiger partial charge in [0.05, 0.1) is 17.4 Å². The molecule has 0 saturated carbocycles. The van der Waals surface area contributed by atoms with Gasteiger partial charge in [-0.25, -0.2) is 4.68 Å². The molecule has 0 fully saturated rings. The molecule has 1 aromatic heterocycles. The number of benzene rings is 2. The highest BCUT2D eigenvalue weighted by Crippen LogP contribution is 2.30. The minimum absolute atomic E-state index is 0.186. The molecule has 0 unspecified atom stereocenters. The molecule has 0 bridgehead atoms. The fourth-order valence-electron chi connectivity index (χ4n) is 2.81. The Labute approximate surface area is 152 Å². The fraction of sp³-hybridized carbons (Fsp3) is 0.200. The maximum Gasteiger partial charge on any atom is 0.258 e. The number of nitrogens with one attached hydrogen (secondary N) is 1. The van der Waals surface area contributed by atoms with Crippen LogP contribution in [0.15, 0.2) is 54.9 Å². The summed E-state index contributed by atoms with van der Waals surface area (Å²) in [5.41, 5.74) is 4.27. The van der Waals surface area contributed by atoms with E-state index in [0.29, 0.717) is 10.6 Å². The zero-order chi connectivity index (χ0) is 17.8. The highest BCUT2D eigenvalue weighted by molar-refractivity contribution is 6.32. The number of carbonyl (C=O) groups excluding carboxylic acids is 1. The van der Waals surface area contributed by atoms with Crippen molar-refractivity contribution in [2.75, 3.05) is 5.32 Å². The van der Waals surface area contributed by atoms with Gasteiger partial charge in [0.2, 0.25) is 0 Å². The van der Waals surface area contributed by atoms with Crippen molar-refractivity contribution in [1.82, 2.24) is 9.78 Å². The van der Waals surface area contributed by atoms with Crippen LogP contribution in [0.5, 0.6) is 0 Å². The molecule has 2 aromatic carbocycles. The van der Waals surface area contributed by atoms with Crippen molar-refractivity contribution < 1.29 is 4.79 Å². The van der Waals surface area contributed by atoms with Gasteiger partial charge in [-0.1, -0.05) is 49.7 Å². The lowest BCUT2D eigenvalue weighted by Gasteiger charge is -2.15. The summed E-state index contributed by atoms with van der Waals surface area (Å²) in [6, 6.07) is 13.5. The van der Waals surface area contributed by atoms with Crippen molar-refractivity contribution >= 4 is 23.2 Å². The third kappa shape index (κ3) is 3.59. The van der Waals surface area contributed by atoms with Crippen LogP contribution in [-0.2, 0) is 12.8 Å². The Morgan fingerprint density at radius 1 is 1.12 bits per heavy atom. The molecule has 0 aliphatic rings. The Morgan fingerprint density at radius 3 is 2.56 bits per heavy atom. The number of rotatable bonds is 5. The topological polar surface area (TPSA) is 46.9 Å². The van der Waals surface area contributed by atoms with Crippen LogP contribution in [0.4, 0.5) is 5.69 Å². The predicted octanol–water partition coefficient (Wildman–Crippen LogP) is 4.90. The first-order valence-corrected chi connectivity index (χ1v) is 8.73. The smallest absolute Gasteiger partial charge is 0.258 e. The van der Waals surface area contributed by atoms with E-state index >= 15 is 0 Å². The molecule has 1 amide bonds. The molecule has 0 aliphatic carbocycles. The Hall–Kier alpha value is -2.59. The van der Waals surface area contributed by atoms with Crippen LogP contribution < -0.4 is 5.32 Å². The minimum Gasteiger partial charge on any atom is -0.321 e. The van der Waals surface area contributed by atoms with E-state index in [0.717, 1.165) is 35.3 Å². The lowest BCUT2D eigenvalue weighted by Crippen LogP contribution is -2.14. The van der Waals surface area contributed by atoms with Crippen molar-refractivity contribution in [2.45, 2.75) is 26.7 Å². The highest BCUT2D eigenvalue weighted by Gasteiger charge is 2.15. The third-order valence-corrected chi connectivity index (χ3v) is 4.53.